The number of Topliss-reactive ketones (excluding diaryl/α,β-unsaturated/α-hetero) is 2. The average molecular weight is 902 g/mol. The summed E-state index contributed by atoms with van der Waals surface area (Å²) in [6.07, 6.45) is 9.34. The number of aromatic nitrogens is 2. The Hall–Kier alpha value is -6.95. The number of nitrogens with zero attached hydrogens (tertiary/aromatic N) is 2. The van der Waals surface area contributed by atoms with E-state index in [1.165, 1.54) is 39.8 Å². The third-order valence-electron chi connectivity index (χ3n) is 10.3. The van der Waals surface area contributed by atoms with Crippen LogP contribution in [0.2, 0.25) is 10.0 Å². The first-order chi connectivity index (χ1) is 30.5. The van der Waals surface area contributed by atoms with Crippen LogP contribution in [0.5, 0.6) is 11.5 Å². The van der Waals surface area contributed by atoms with Crippen LogP contribution in [0.25, 0.3) is 12.2 Å². The van der Waals surface area contributed by atoms with Crippen LogP contribution in [0.15, 0.2) is 134 Å². The zero-order chi connectivity index (χ0) is 46.2. The smallest absolute Gasteiger partial charge is 0.497 e. The van der Waals surface area contributed by atoms with E-state index in [-0.39, 0.29) is 32.7 Å². The number of rotatable bonds is 18. The topological polar surface area (TPSA) is 132 Å². The molecule has 328 valence electrons. The van der Waals surface area contributed by atoms with Crippen LogP contribution < -0.4 is 9.47 Å². The average Bonchev–Trinajstić information content (AvgIpc) is 3.96. The quantitative estimate of drug-likeness (QED) is 0.0611. The molecule has 0 aliphatic heterocycles. The van der Waals surface area contributed by atoms with Crippen LogP contribution in [0, 0.1) is 0 Å². The third kappa shape index (κ3) is 11.0. The minimum atomic E-state index is -1.77. The Labute approximate surface area is 381 Å². The molecule has 0 N–H and O–H groups in total. The van der Waals surface area contributed by atoms with Gasteiger partial charge in [0.25, 0.3) is 0 Å². The minimum absolute atomic E-state index is 0.164. The summed E-state index contributed by atoms with van der Waals surface area (Å²) in [6, 6.07) is 30.3. The largest absolute Gasteiger partial charge is 0.510 e. The van der Waals surface area contributed by atoms with Crippen LogP contribution in [0.3, 0.4) is 0 Å². The zero-order valence-corrected chi connectivity index (χ0v) is 37.6. The molecule has 0 fully saturated rings. The van der Waals surface area contributed by atoms with Gasteiger partial charge in [0.15, 0.2) is 11.2 Å². The van der Waals surface area contributed by atoms with Gasteiger partial charge in [-0.25, -0.2) is 4.79 Å². The number of methoxy groups -OCH3 is 2. The van der Waals surface area contributed by atoms with E-state index in [2.05, 4.69) is 0 Å². The predicted octanol–water partition coefficient (Wildman–Crippen LogP) is 11.3. The molecule has 0 radical (unpaired) electrons. The Kier molecular flexibility index (Phi) is 14.6. The van der Waals surface area contributed by atoms with E-state index in [0.29, 0.717) is 58.2 Å². The van der Waals surface area contributed by atoms with Crippen molar-refractivity contribution in [3.63, 3.8) is 0 Å². The van der Waals surface area contributed by atoms with E-state index < -0.39 is 28.9 Å². The maximum atomic E-state index is 14.1. The minimum Gasteiger partial charge on any atom is -0.497 e. The van der Waals surface area contributed by atoms with E-state index in [9.17, 15) is 24.0 Å². The van der Waals surface area contributed by atoms with Gasteiger partial charge in [0, 0.05) is 57.8 Å². The fraction of sp³-hybridized carbons (Fsp3) is 0.196. The molecule has 64 heavy (non-hydrogen) atoms. The highest BCUT2D eigenvalue weighted by molar-refractivity contribution is 6.31. The number of benzene rings is 4. The van der Waals surface area contributed by atoms with Gasteiger partial charge in [0.05, 0.1) is 25.6 Å². The fourth-order valence-corrected chi connectivity index (χ4v) is 7.19. The standard InChI is InChI=1S/C51H46Cl2N2O9/c1-50(2,47(58)41-31-37(52)21-15-33(41)11-7-27-54-29-9-13-43(54)45(56)35-17-23-39(61-5)24-18-35)63-49(60)64-51(3,4)48(59)42-32-38(53)22-16-34(42)12-8-28-55-30-10-14-44(55)46(57)36-19-25-40(62-6)26-20-36/h7-26,29-32H,27-28H2,1-6H3/b11-7+,12-8+. The van der Waals surface area contributed by atoms with E-state index in [1.807, 2.05) is 0 Å². The lowest BCUT2D eigenvalue weighted by Gasteiger charge is -2.28. The van der Waals surface area contributed by atoms with Gasteiger partial charge < -0.3 is 28.1 Å². The second-order valence-electron chi connectivity index (χ2n) is 15.6. The maximum absolute atomic E-state index is 14.1. The first kappa shape index (κ1) is 46.6. The second kappa shape index (κ2) is 20.0. The fourth-order valence-electron chi connectivity index (χ4n) is 6.85. The Morgan fingerprint density at radius 2 is 0.922 bits per heavy atom. The number of hydrogen-bond donors (Lipinski definition) is 0. The van der Waals surface area contributed by atoms with E-state index in [1.54, 1.807) is 157 Å². The molecular formula is C51H46Cl2N2O9. The number of allylic oxidation sites excluding steroid dienone is 2. The number of halogens is 2. The molecule has 4 aromatic carbocycles. The van der Waals surface area contributed by atoms with Gasteiger partial charge >= 0.3 is 6.16 Å². The van der Waals surface area contributed by atoms with Crippen molar-refractivity contribution >= 4 is 64.6 Å². The van der Waals surface area contributed by atoms with Gasteiger partial charge in [0.2, 0.25) is 23.1 Å². The van der Waals surface area contributed by atoms with E-state index in [4.69, 9.17) is 42.1 Å². The van der Waals surface area contributed by atoms with Gasteiger partial charge in [-0.1, -0.05) is 59.6 Å². The van der Waals surface area contributed by atoms with Gasteiger partial charge in [0.1, 0.15) is 11.5 Å². The molecule has 13 heteroatoms. The number of carbonyl (C=O) groups is 5. The van der Waals surface area contributed by atoms with Gasteiger partial charge in [-0.15, -0.1) is 0 Å². The van der Waals surface area contributed by atoms with E-state index >= 15 is 0 Å². The Morgan fingerprint density at radius 1 is 0.547 bits per heavy atom. The molecule has 2 heterocycles. The first-order valence-corrected chi connectivity index (χ1v) is 20.9. The molecule has 0 saturated carbocycles. The molecule has 0 aliphatic rings. The van der Waals surface area contributed by atoms with E-state index in [0.717, 1.165) is 0 Å². The van der Waals surface area contributed by atoms with Crippen LogP contribution in [0.4, 0.5) is 4.79 Å². The van der Waals surface area contributed by atoms with Gasteiger partial charge in [-0.05, 0) is 136 Å². The van der Waals surface area contributed by atoms with Crippen molar-refractivity contribution in [2.24, 2.45) is 0 Å². The lowest BCUT2D eigenvalue weighted by molar-refractivity contribution is -0.0408. The molecule has 0 amide bonds. The Bertz CT molecular complexity index is 2570. The van der Waals surface area contributed by atoms with Crippen LogP contribution in [-0.2, 0) is 22.6 Å². The van der Waals surface area contributed by atoms with Crippen molar-refractivity contribution in [2.75, 3.05) is 14.2 Å². The summed E-state index contributed by atoms with van der Waals surface area (Å²) in [7, 11) is 3.11. The molecule has 0 spiro atoms. The highest BCUT2D eigenvalue weighted by Crippen LogP contribution is 2.29. The van der Waals surface area contributed by atoms with Crippen molar-refractivity contribution in [3.05, 3.63) is 189 Å². The summed E-state index contributed by atoms with van der Waals surface area (Å²) in [4.78, 5) is 68.1. The Morgan fingerprint density at radius 3 is 1.28 bits per heavy atom. The van der Waals surface area contributed by atoms with Crippen molar-refractivity contribution in [1.82, 2.24) is 9.13 Å². The number of ketones is 4. The molecular weight excluding hydrogens is 855 g/mol. The molecule has 11 nitrogen and oxygen atoms in total. The summed E-state index contributed by atoms with van der Waals surface area (Å²) < 4.78 is 25.2. The lowest BCUT2D eigenvalue weighted by atomic mass is 9.92. The van der Waals surface area contributed by atoms with Crippen molar-refractivity contribution in [2.45, 2.75) is 52.0 Å². The number of hydrogen-bond acceptors (Lipinski definition) is 9. The monoisotopic (exact) mass is 900 g/mol. The summed E-state index contributed by atoms with van der Waals surface area (Å²) in [6.45, 7) is 6.27. The normalized spacial score (nSPS) is 11.8. The van der Waals surface area contributed by atoms with Crippen LogP contribution in [0.1, 0.15) is 91.6 Å². The second-order valence-corrected chi connectivity index (χ2v) is 16.5. The summed E-state index contributed by atoms with van der Waals surface area (Å²) >= 11 is 12.7. The molecule has 0 saturated heterocycles. The van der Waals surface area contributed by atoms with Gasteiger partial charge in [-0.3, -0.25) is 19.2 Å². The molecule has 0 atom stereocenters. The van der Waals surface area contributed by atoms with Crippen molar-refractivity contribution < 1.29 is 42.9 Å². The summed E-state index contributed by atoms with van der Waals surface area (Å²) in [5.41, 5.74) is -0.249. The first-order valence-electron chi connectivity index (χ1n) is 20.1. The molecule has 2 aromatic heterocycles. The third-order valence-corrected chi connectivity index (χ3v) is 10.8. The summed E-state index contributed by atoms with van der Waals surface area (Å²) in [5, 5.41) is 0.566. The zero-order valence-electron chi connectivity index (χ0n) is 36.1. The predicted molar refractivity (Wildman–Crippen MR) is 247 cm³/mol. The lowest BCUT2D eigenvalue weighted by Crippen LogP contribution is -2.43. The van der Waals surface area contributed by atoms with Crippen molar-refractivity contribution in [1.29, 1.82) is 0 Å². The Balaban J connectivity index is 1.12. The van der Waals surface area contributed by atoms with Crippen LogP contribution >= 0.6 is 23.2 Å². The molecule has 0 unspecified atom stereocenters. The highest BCUT2D eigenvalue weighted by atomic mass is 35.5. The molecule has 0 bridgehead atoms. The maximum Gasteiger partial charge on any atom is 0.510 e. The number of carbonyl (C=O) groups excluding carboxylic acids is 5. The number of ether oxygens (including phenoxy) is 4. The molecule has 6 rings (SSSR count). The van der Waals surface area contributed by atoms with Crippen molar-refractivity contribution in [3.8, 4) is 11.5 Å². The summed E-state index contributed by atoms with van der Waals surface area (Å²) in [5.74, 6) is -0.200. The highest BCUT2D eigenvalue weighted by Gasteiger charge is 2.39. The SMILES string of the molecule is COc1ccc(C(=O)c2cccn2C/C=C/c2ccc(Cl)cc2C(=O)C(C)(C)OC(=O)OC(C)(C)C(=O)c2cc(Cl)ccc2/C=C/Cn2cccc2C(=O)c2ccc(OC)cc2)cc1. The molecule has 0 aliphatic carbocycles. The molecule has 6 aromatic rings. The van der Waals surface area contributed by atoms with Gasteiger partial charge in [-0.2, -0.15) is 0 Å². The van der Waals surface area contributed by atoms with Crippen LogP contribution in [-0.4, -0.2) is 63.8 Å².